The quantitative estimate of drug-likeness (QED) is 0.602. The van der Waals surface area contributed by atoms with Crippen LogP contribution in [-0.2, 0) is 9.53 Å². The second kappa shape index (κ2) is 9.42. The van der Waals surface area contributed by atoms with E-state index in [9.17, 15) is 23.2 Å². The van der Waals surface area contributed by atoms with E-state index in [-0.39, 0.29) is 11.3 Å². The highest BCUT2D eigenvalue weighted by molar-refractivity contribution is 6.10. The van der Waals surface area contributed by atoms with Gasteiger partial charge in [-0.25, -0.2) is 13.6 Å². The van der Waals surface area contributed by atoms with E-state index in [2.05, 4.69) is 10.6 Å². The van der Waals surface area contributed by atoms with E-state index in [1.807, 2.05) is 6.07 Å². The van der Waals surface area contributed by atoms with Gasteiger partial charge in [0, 0.05) is 11.8 Å². The topological polar surface area (TPSA) is 84.5 Å². The van der Waals surface area contributed by atoms with Crippen molar-refractivity contribution < 1.29 is 27.9 Å². The minimum atomic E-state index is -1.11. The number of ether oxygens (including phenoxy) is 1. The Bertz CT molecular complexity index is 1090. The molecule has 30 heavy (non-hydrogen) atoms. The van der Waals surface area contributed by atoms with Crippen molar-refractivity contribution in [1.29, 1.82) is 0 Å². The van der Waals surface area contributed by atoms with Gasteiger partial charge in [0.1, 0.15) is 11.6 Å². The second-order valence-electron chi connectivity index (χ2n) is 6.11. The molecule has 0 fully saturated rings. The summed E-state index contributed by atoms with van der Waals surface area (Å²) in [6.45, 7) is -0.718. The molecule has 0 radical (unpaired) electrons. The molecule has 0 bridgehead atoms. The number of carbonyl (C=O) groups excluding carboxylic acids is 3. The molecule has 0 spiro atoms. The van der Waals surface area contributed by atoms with Crippen molar-refractivity contribution in [2.75, 3.05) is 17.2 Å². The van der Waals surface area contributed by atoms with Gasteiger partial charge in [0.25, 0.3) is 11.8 Å². The second-order valence-corrected chi connectivity index (χ2v) is 6.11. The van der Waals surface area contributed by atoms with Crippen LogP contribution in [0.2, 0.25) is 0 Å². The normalized spacial score (nSPS) is 10.2. The number of rotatable bonds is 6. The maximum absolute atomic E-state index is 13.6. The van der Waals surface area contributed by atoms with Gasteiger partial charge in [0.05, 0.1) is 16.8 Å². The molecular formula is C22H16F2N2O4. The molecule has 0 atom stereocenters. The van der Waals surface area contributed by atoms with E-state index in [4.69, 9.17) is 4.74 Å². The van der Waals surface area contributed by atoms with Crippen LogP contribution in [0.15, 0.2) is 72.8 Å². The largest absolute Gasteiger partial charge is 0.452 e. The van der Waals surface area contributed by atoms with Gasteiger partial charge >= 0.3 is 5.97 Å². The van der Waals surface area contributed by atoms with Gasteiger partial charge in [-0.15, -0.1) is 0 Å². The van der Waals surface area contributed by atoms with Gasteiger partial charge in [-0.1, -0.05) is 30.3 Å². The standard InChI is InChI=1S/C22H16F2N2O4/c23-14-10-11-16(18(24)12-14)22(29)30-13-20(27)26-19-9-5-4-8-17(19)21(28)25-15-6-2-1-3-7-15/h1-12H,13H2,(H,25,28)(H,26,27). The molecule has 6 nitrogen and oxygen atoms in total. The lowest BCUT2D eigenvalue weighted by atomic mass is 10.1. The molecule has 3 aromatic carbocycles. The molecule has 0 saturated heterocycles. The van der Waals surface area contributed by atoms with Gasteiger partial charge in [-0.05, 0) is 36.4 Å². The van der Waals surface area contributed by atoms with Crippen LogP contribution >= 0.6 is 0 Å². The molecule has 152 valence electrons. The Hall–Kier alpha value is -4.07. The molecule has 3 aromatic rings. The van der Waals surface area contributed by atoms with Crippen molar-refractivity contribution in [1.82, 2.24) is 0 Å². The first-order valence-corrected chi connectivity index (χ1v) is 8.81. The molecule has 0 aromatic heterocycles. The van der Waals surface area contributed by atoms with E-state index < -0.39 is 41.6 Å². The zero-order valence-electron chi connectivity index (χ0n) is 15.5. The lowest BCUT2D eigenvalue weighted by Crippen LogP contribution is -2.23. The van der Waals surface area contributed by atoms with Crippen LogP contribution in [0.5, 0.6) is 0 Å². The molecule has 0 aliphatic carbocycles. The first-order valence-electron chi connectivity index (χ1n) is 8.81. The number of carbonyl (C=O) groups is 3. The summed E-state index contributed by atoms with van der Waals surface area (Å²) >= 11 is 0. The minimum absolute atomic E-state index is 0.200. The summed E-state index contributed by atoms with van der Waals surface area (Å²) < 4.78 is 31.3. The third kappa shape index (κ3) is 5.26. The summed E-state index contributed by atoms with van der Waals surface area (Å²) in [7, 11) is 0. The van der Waals surface area contributed by atoms with Crippen LogP contribution in [0, 0.1) is 11.6 Å². The predicted octanol–water partition coefficient (Wildman–Crippen LogP) is 4.01. The SMILES string of the molecule is O=C(COC(=O)c1ccc(F)cc1F)Nc1ccccc1C(=O)Nc1ccccc1. The van der Waals surface area contributed by atoms with Crippen molar-refractivity contribution in [2.24, 2.45) is 0 Å². The highest BCUT2D eigenvalue weighted by atomic mass is 19.1. The molecule has 0 unspecified atom stereocenters. The Balaban J connectivity index is 1.63. The van der Waals surface area contributed by atoms with Crippen molar-refractivity contribution in [3.63, 3.8) is 0 Å². The molecule has 2 N–H and O–H groups in total. The fraction of sp³-hybridized carbons (Fsp3) is 0.0455. The number of hydrogen-bond donors (Lipinski definition) is 2. The molecular weight excluding hydrogens is 394 g/mol. The van der Waals surface area contributed by atoms with E-state index in [1.54, 1.807) is 36.4 Å². The Labute approximate surface area is 170 Å². The van der Waals surface area contributed by atoms with Crippen molar-refractivity contribution >= 4 is 29.2 Å². The number of nitrogens with one attached hydrogen (secondary N) is 2. The zero-order valence-corrected chi connectivity index (χ0v) is 15.5. The molecule has 0 aliphatic heterocycles. The summed E-state index contributed by atoms with van der Waals surface area (Å²) in [5.74, 6) is -4.22. The van der Waals surface area contributed by atoms with Crippen molar-refractivity contribution in [3.05, 3.63) is 95.6 Å². The van der Waals surface area contributed by atoms with Crippen LogP contribution in [0.3, 0.4) is 0 Å². The van der Waals surface area contributed by atoms with E-state index >= 15 is 0 Å². The average Bonchev–Trinajstić information content (AvgIpc) is 2.73. The highest BCUT2D eigenvalue weighted by Gasteiger charge is 2.17. The smallest absolute Gasteiger partial charge is 0.341 e. The highest BCUT2D eigenvalue weighted by Crippen LogP contribution is 2.18. The van der Waals surface area contributed by atoms with Crippen LogP contribution in [0.25, 0.3) is 0 Å². The summed E-state index contributed by atoms with van der Waals surface area (Å²) in [6, 6.07) is 17.4. The Kier molecular flexibility index (Phi) is 6.49. The number of para-hydroxylation sites is 2. The van der Waals surface area contributed by atoms with Crippen LogP contribution in [0.1, 0.15) is 20.7 Å². The number of esters is 1. The lowest BCUT2D eigenvalue weighted by Gasteiger charge is -2.12. The van der Waals surface area contributed by atoms with Crippen molar-refractivity contribution in [2.45, 2.75) is 0 Å². The summed E-state index contributed by atoms with van der Waals surface area (Å²) in [4.78, 5) is 36.5. The number of amides is 2. The van der Waals surface area contributed by atoms with Gasteiger partial charge in [0.15, 0.2) is 6.61 Å². The van der Waals surface area contributed by atoms with Crippen molar-refractivity contribution in [3.8, 4) is 0 Å². The maximum Gasteiger partial charge on any atom is 0.341 e. The number of hydrogen-bond acceptors (Lipinski definition) is 4. The maximum atomic E-state index is 13.6. The summed E-state index contributed by atoms with van der Waals surface area (Å²) in [6.07, 6.45) is 0. The summed E-state index contributed by atoms with van der Waals surface area (Å²) in [5.41, 5.74) is 0.497. The Morgan fingerprint density at radius 3 is 2.23 bits per heavy atom. The van der Waals surface area contributed by atoms with Gasteiger partial charge < -0.3 is 15.4 Å². The van der Waals surface area contributed by atoms with E-state index in [1.165, 1.54) is 12.1 Å². The van der Waals surface area contributed by atoms with Crippen LogP contribution in [0.4, 0.5) is 20.2 Å². The summed E-state index contributed by atoms with van der Waals surface area (Å²) in [5, 5.41) is 5.18. The molecule has 0 heterocycles. The third-order valence-electron chi connectivity index (χ3n) is 3.96. The molecule has 0 saturated carbocycles. The van der Waals surface area contributed by atoms with Crippen LogP contribution < -0.4 is 10.6 Å². The monoisotopic (exact) mass is 410 g/mol. The fourth-order valence-corrected chi connectivity index (χ4v) is 2.56. The molecule has 2 amide bonds. The van der Waals surface area contributed by atoms with Gasteiger partial charge in [-0.2, -0.15) is 0 Å². The molecule has 3 rings (SSSR count). The minimum Gasteiger partial charge on any atom is -0.452 e. The third-order valence-corrected chi connectivity index (χ3v) is 3.96. The predicted molar refractivity (Wildman–Crippen MR) is 106 cm³/mol. The first kappa shape index (κ1) is 20.7. The molecule has 8 heteroatoms. The van der Waals surface area contributed by atoms with Crippen LogP contribution in [-0.4, -0.2) is 24.4 Å². The van der Waals surface area contributed by atoms with E-state index in [0.717, 1.165) is 12.1 Å². The number of benzene rings is 3. The Morgan fingerprint density at radius 1 is 0.800 bits per heavy atom. The first-order chi connectivity index (χ1) is 14.4. The van der Waals surface area contributed by atoms with E-state index in [0.29, 0.717) is 11.8 Å². The number of halogens is 2. The Morgan fingerprint density at radius 2 is 1.50 bits per heavy atom. The zero-order chi connectivity index (χ0) is 21.5. The van der Waals surface area contributed by atoms with Gasteiger partial charge in [-0.3, -0.25) is 9.59 Å². The lowest BCUT2D eigenvalue weighted by molar-refractivity contribution is -0.119. The van der Waals surface area contributed by atoms with Gasteiger partial charge in [0.2, 0.25) is 0 Å². The molecule has 0 aliphatic rings. The fourth-order valence-electron chi connectivity index (χ4n) is 2.56. The number of anilines is 2. The average molecular weight is 410 g/mol.